The Hall–Kier alpha value is -3.93. The zero-order chi connectivity index (χ0) is 21.5. The number of para-hydroxylation sites is 1. The number of benzene rings is 2. The van der Waals surface area contributed by atoms with Gasteiger partial charge in [-0.05, 0) is 47.4 Å². The molecule has 158 valence electrons. The summed E-state index contributed by atoms with van der Waals surface area (Å²) in [4.78, 5) is 27.0. The van der Waals surface area contributed by atoms with Crippen molar-refractivity contribution in [3.63, 3.8) is 0 Å². The second-order valence-electron chi connectivity index (χ2n) is 8.22. The summed E-state index contributed by atoms with van der Waals surface area (Å²) in [5.41, 5.74) is 6.61. The number of aromatic nitrogens is 3. The van der Waals surface area contributed by atoms with Crippen LogP contribution in [0, 0.1) is 0 Å². The van der Waals surface area contributed by atoms with Crippen molar-refractivity contribution in [1.82, 2.24) is 19.9 Å². The van der Waals surface area contributed by atoms with Gasteiger partial charge in [0.05, 0.1) is 12.6 Å². The molecule has 2 aromatic carbocycles. The number of ether oxygens (including phenoxy) is 1. The topological polar surface area (TPSA) is 71.1 Å². The molecule has 0 aliphatic carbocycles. The third kappa shape index (κ3) is 3.15. The Kier molecular flexibility index (Phi) is 4.49. The SMILES string of the molecule is O=C(C=Cc1cncnc1)N1CCc2c([nH]c3ccccc23)[C@H]1c1ccc2c(c1)CCO2. The van der Waals surface area contributed by atoms with Gasteiger partial charge in [-0.1, -0.05) is 24.3 Å². The van der Waals surface area contributed by atoms with Crippen LogP contribution in [0.2, 0.25) is 0 Å². The van der Waals surface area contributed by atoms with E-state index in [1.165, 1.54) is 22.8 Å². The van der Waals surface area contributed by atoms with Crippen LogP contribution in [0.1, 0.15) is 34.0 Å². The van der Waals surface area contributed by atoms with Crippen LogP contribution >= 0.6 is 0 Å². The number of hydrogen-bond acceptors (Lipinski definition) is 4. The lowest BCUT2D eigenvalue weighted by molar-refractivity contribution is -0.128. The van der Waals surface area contributed by atoms with Crippen molar-refractivity contribution in [2.24, 2.45) is 0 Å². The Bertz CT molecular complexity index is 1340. The maximum atomic E-state index is 13.4. The van der Waals surface area contributed by atoms with Gasteiger partial charge in [0.25, 0.3) is 0 Å². The van der Waals surface area contributed by atoms with Crippen LogP contribution in [0.3, 0.4) is 0 Å². The summed E-state index contributed by atoms with van der Waals surface area (Å²) in [6.45, 7) is 1.37. The van der Waals surface area contributed by atoms with Crippen LogP contribution in [0.5, 0.6) is 5.75 Å². The van der Waals surface area contributed by atoms with E-state index in [-0.39, 0.29) is 11.9 Å². The molecule has 4 aromatic rings. The fourth-order valence-corrected chi connectivity index (χ4v) is 4.86. The molecule has 1 amide bonds. The molecule has 6 heteroatoms. The number of carbonyl (C=O) groups is 1. The predicted molar refractivity (Wildman–Crippen MR) is 122 cm³/mol. The molecule has 2 aliphatic rings. The van der Waals surface area contributed by atoms with Crippen molar-refractivity contribution < 1.29 is 9.53 Å². The van der Waals surface area contributed by atoms with E-state index in [0.29, 0.717) is 13.2 Å². The minimum atomic E-state index is -0.179. The maximum Gasteiger partial charge on any atom is 0.247 e. The fourth-order valence-electron chi connectivity index (χ4n) is 4.86. The summed E-state index contributed by atoms with van der Waals surface area (Å²) in [7, 11) is 0. The average molecular weight is 422 g/mol. The smallest absolute Gasteiger partial charge is 0.247 e. The molecule has 0 bridgehead atoms. The Morgan fingerprint density at radius 1 is 1.12 bits per heavy atom. The van der Waals surface area contributed by atoms with Gasteiger partial charge in [0, 0.05) is 53.6 Å². The first kappa shape index (κ1) is 18.8. The molecule has 1 atom stereocenters. The first-order valence-corrected chi connectivity index (χ1v) is 10.9. The lowest BCUT2D eigenvalue weighted by Gasteiger charge is -2.36. The maximum absolute atomic E-state index is 13.4. The van der Waals surface area contributed by atoms with Crippen molar-refractivity contribution in [3.8, 4) is 5.75 Å². The van der Waals surface area contributed by atoms with Crippen molar-refractivity contribution in [2.45, 2.75) is 18.9 Å². The Morgan fingerprint density at radius 2 is 2.00 bits per heavy atom. The third-order valence-corrected chi connectivity index (χ3v) is 6.35. The zero-order valence-electron chi connectivity index (χ0n) is 17.5. The number of fused-ring (bicyclic) bond motifs is 4. The molecule has 0 unspecified atom stereocenters. The molecular formula is C26H22N4O2. The Labute approximate surface area is 185 Å². The van der Waals surface area contributed by atoms with Gasteiger partial charge >= 0.3 is 0 Å². The van der Waals surface area contributed by atoms with E-state index in [9.17, 15) is 4.79 Å². The summed E-state index contributed by atoms with van der Waals surface area (Å²) >= 11 is 0. The standard InChI is InChI=1S/C26H22N4O2/c31-24(8-5-17-14-27-16-28-15-17)30-11-9-21-20-3-1-2-4-22(20)29-25(21)26(30)19-6-7-23-18(13-19)10-12-32-23/h1-8,13-16,26,29H,9-12H2/t26-/m1/s1. The summed E-state index contributed by atoms with van der Waals surface area (Å²) in [5, 5.41) is 1.24. The number of aromatic amines is 1. The molecule has 0 saturated carbocycles. The number of H-pyrrole nitrogens is 1. The van der Waals surface area contributed by atoms with Gasteiger partial charge in [-0.3, -0.25) is 4.79 Å². The van der Waals surface area contributed by atoms with Gasteiger partial charge in [-0.2, -0.15) is 0 Å². The molecule has 4 heterocycles. The van der Waals surface area contributed by atoms with E-state index in [4.69, 9.17) is 4.74 Å². The monoisotopic (exact) mass is 422 g/mol. The van der Waals surface area contributed by atoms with Gasteiger partial charge in [-0.25, -0.2) is 9.97 Å². The highest BCUT2D eigenvalue weighted by Crippen LogP contribution is 2.40. The van der Waals surface area contributed by atoms with Gasteiger partial charge in [0.15, 0.2) is 0 Å². The van der Waals surface area contributed by atoms with Crippen LogP contribution in [0.15, 0.2) is 67.3 Å². The minimum absolute atomic E-state index is 0.0279. The lowest BCUT2D eigenvalue weighted by Crippen LogP contribution is -2.39. The van der Waals surface area contributed by atoms with Crippen molar-refractivity contribution in [1.29, 1.82) is 0 Å². The molecule has 2 aliphatic heterocycles. The second-order valence-corrected chi connectivity index (χ2v) is 8.22. The van der Waals surface area contributed by atoms with E-state index in [2.05, 4.69) is 45.3 Å². The van der Waals surface area contributed by atoms with E-state index in [1.54, 1.807) is 24.5 Å². The van der Waals surface area contributed by atoms with Gasteiger partial charge in [0.1, 0.15) is 12.1 Å². The van der Waals surface area contributed by atoms with Crippen LogP contribution in [0.4, 0.5) is 0 Å². The van der Waals surface area contributed by atoms with Crippen molar-refractivity contribution in [2.75, 3.05) is 13.2 Å². The van der Waals surface area contributed by atoms with Gasteiger partial charge < -0.3 is 14.6 Å². The number of carbonyl (C=O) groups excluding carboxylic acids is 1. The van der Waals surface area contributed by atoms with Crippen LogP contribution in [0.25, 0.3) is 17.0 Å². The Morgan fingerprint density at radius 3 is 2.91 bits per heavy atom. The summed E-state index contributed by atoms with van der Waals surface area (Å²) in [6, 6.07) is 14.5. The summed E-state index contributed by atoms with van der Waals surface area (Å²) in [5.74, 6) is 0.920. The quantitative estimate of drug-likeness (QED) is 0.505. The zero-order valence-corrected chi connectivity index (χ0v) is 17.5. The van der Waals surface area contributed by atoms with E-state index < -0.39 is 0 Å². The highest BCUT2D eigenvalue weighted by atomic mass is 16.5. The van der Waals surface area contributed by atoms with Crippen LogP contribution in [-0.2, 0) is 17.6 Å². The highest BCUT2D eigenvalue weighted by molar-refractivity contribution is 5.93. The minimum Gasteiger partial charge on any atom is -0.493 e. The molecule has 0 saturated heterocycles. The molecule has 6 rings (SSSR count). The van der Waals surface area contributed by atoms with Gasteiger partial charge in [-0.15, -0.1) is 0 Å². The molecule has 1 N–H and O–H groups in total. The first-order valence-electron chi connectivity index (χ1n) is 10.9. The third-order valence-electron chi connectivity index (χ3n) is 6.35. The Balaban J connectivity index is 1.44. The van der Waals surface area contributed by atoms with E-state index in [0.717, 1.165) is 40.9 Å². The molecule has 0 fully saturated rings. The second kappa shape index (κ2) is 7.64. The largest absolute Gasteiger partial charge is 0.493 e. The first-order chi connectivity index (χ1) is 15.8. The van der Waals surface area contributed by atoms with Crippen LogP contribution in [-0.4, -0.2) is 38.9 Å². The van der Waals surface area contributed by atoms with Crippen molar-refractivity contribution >= 4 is 22.9 Å². The molecule has 0 spiro atoms. The predicted octanol–water partition coefficient (Wildman–Crippen LogP) is 4.08. The summed E-state index contributed by atoms with van der Waals surface area (Å²) < 4.78 is 5.71. The lowest BCUT2D eigenvalue weighted by atomic mass is 9.91. The normalized spacial score (nSPS) is 17.4. The number of amides is 1. The van der Waals surface area contributed by atoms with Crippen molar-refractivity contribution in [3.05, 3.63) is 95.2 Å². The van der Waals surface area contributed by atoms with E-state index in [1.807, 2.05) is 17.0 Å². The van der Waals surface area contributed by atoms with Crippen LogP contribution < -0.4 is 4.74 Å². The average Bonchev–Trinajstić information content (AvgIpc) is 3.46. The molecule has 6 nitrogen and oxygen atoms in total. The number of rotatable bonds is 3. The molecule has 32 heavy (non-hydrogen) atoms. The summed E-state index contributed by atoms with van der Waals surface area (Å²) in [6.07, 6.45) is 9.98. The molecule has 0 radical (unpaired) electrons. The van der Waals surface area contributed by atoms with E-state index >= 15 is 0 Å². The fraction of sp³-hybridized carbons (Fsp3) is 0.192. The number of nitrogens with zero attached hydrogens (tertiary/aromatic N) is 3. The molecular weight excluding hydrogens is 400 g/mol. The number of nitrogens with one attached hydrogen (secondary N) is 1. The van der Waals surface area contributed by atoms with Gasteiger partial charge in [0.2, 0.25) is 5.91 Å². The number of hydrogen-bond donors (Lipinski definition) is 1. The molecule has 2 aromatic heterocycles. The highest BCUT2D eigenvalue weighted by Gasteiger charge is 2.34.